The molecule has 0 aromatic carbocycles. The van der Waals surface area contributed by atoms with Gasteiger partial charge >= 0.3 is 0 Å². The van der Waals surface area contributed by atoms with Crippen LogP contribution in [0.1, 0.15) is 24.1 Å². The van der Waals surface area contributed by atoms with Gasteiger partial charge in [-0.1, -0.05) is 0 Å². The van der Waals surface area contributed by atoms with E-state index in [1.54, 1.807) is 13.0 Å². The zero-order chi connectivity index (χ0) is 15.3. The molecule has 120 valence electrons. The summed E-state index contributed by atoms with van der Waals surface area (Å²) in [5, 5.41) is 0. The lowest BCUT2D eigenvalue weighted by Crippen LogP contribution is -2.26. The Labute approximate surface area is 138 Å². The smallest absolute Gasteiger partial charge is 0.241 e. The van der Waals surface area contributed by atoms with Crippen LogP contribution in [0.3, 0.4) is 0 Å². The summed E-state index contributed by atoms with van der Waals surface area (Å²) in [4.78, 5) is 1.13. The maximum Gasteiger partial charge on any atom is 0.241 e. The fourth-order valence-electron chi connectivity index (χ4n) is 2.15. The van der Waals surface area contributed by atoms with Crippen molar-refractivity contribution in [2.24, 2.45) is 0 Å². The highest BCUT2D eigenvalue weighted by atomic mass is 79.9. The number of hydrogen-bond donors (Lipinski definition) is 1. The van der Waals surface area contributed by atoms with Crippen molar-refractivity contribution in [2.75, 3.05) is 26.4 Å². The Morgan fingerprint density at radius 1 is 1.57 bits per heavy atom. The van der Waals surface area contributed by atoms with Crippen molar-refractivity contribution in [3.05, 3.63) is 14.7 Å². The average molecular weight is 398 g/mol. The zero-order valence-corrected chi connectivity index (χ0v) is 15.2. The molecule has 1 aromatic heterocycles. The summed E-state index contributed by atoms with van der Waals surface area (Å²) < 4.78 is 38.6. The van der Waals surface area contributed by atoms with Gasteiger partial charge < -0.3 is 9.47 Å². The normalized spacial score (nSPS) is 19.2. The summed E-state index contributed by atoms with van der Waals surface area (Å²) in [7, 11) is -3.42. The molecular weight excluding hydrogens is 378 g/mol. The molecule has 0 aliphatic carbocycles. The van der Waals surface area contributed by atoms with Gasteiger partial charge in [-0.25, -0.2) is 13.1 Å². The lowest BCUT2D eigenvalue weighted by atomic mass is 10.2. The van der Waals surface area contributed by atoms with Crippen LogP contribution in [0.5, 0.6) is 0 Å². The molecule has 1 saturated heterocycles. The van der Waals surface area contributed by atoms with Crippen LogP contribution in [-0.2, 0) is 19.5 Å². The van der Waals surface area contributed by atoms with E-state index in [4.69, 9.17) is 9.47 Å². The van der Waals surface area contributed by atoms with E-state index in [1.807, 2.05) is 0 Å². The highest BCUT2D eigenvalue weighted by Gasteiger charge is 2.19. The number of halogens is 1. The van der Waals surface area contributed by atoms with Gasteiger partial charge in [0.2, 0.25) is 10.0 Å². The molecule has 1 aliphatic heterocycles. The summed E-state index contributed by atoms with van der Waals surface area (Å²) in [6.45, 7) is 4.14. The predicted octanol–water partition coefficient (Wildman–Crippen LogP) is 2.68. The van der Waals surface area contributed by atoms with Crippen molar-refractivity contribution < 1.29 is 17.9 Å². The van der Waals surface area contributed by atoms with Gasteiger partial charge in [-0.05, 0) is 48.2 Å². The highest BCUT2D eigenvalue weighted by Crippen LogP contribution is 2.29. The van der Waals surface area contributed by atoms with Crippen LogP contribution in [0.15, 0.2) is 14.7 Å². The van der Waals surface area contributed by atoms with E-state index < -0.39 is 10.0 Å². The van der Waals surface area contributed by atoms with Crippen LogP contribution in [0.4, 0.5) is 0 Å². The van der Waals surface area contributed by atoms with Gasteiger partial charge in [0.15, 0.2) is 0 Å². The van der Waals surface area contributed by atoms with Gasteiger partial charge in [0.05, 0.1) is 21.4 Å². The van der Waals surface area contributed by atoms with Gasteiger partial charge in [0, 0.05) is 24.6 Å². The first kappa shape index (κ1) is 17.4. The second-order valence-electron chi connectivity index (χ2n) is 4.93. The van der Waals surface area contributed by atoms with Crippen LogP contribution < -0.4 is 4.72 Å². The van der Waals surface area contributed by atoms with Gasteiger partial charge in [-0.15, -0.1) is 11.3 Å². The number of ether oxygens (including phenoxy) is 2. The SMILES string of the molecule is Cc1sc(Br)cc1S(=O)(=O)NCCCOCC1CCCO1. The van der Waals surface area contributed by atoms with Gasteiger partial charge in [0.25, 0.3) is 0 Å². The van der Waals surface area contributed by atoms with E-state index in [2.05, 4.69) is 20.7 Å². The zero-order valence-electron chi connectivity index (χ0n) is 11.9. The minimum atomic E-state index is -3.42. The topological polar surface area (TPSA) is 64.6 Å². The predicted molar refractivity (Wildman–Crippen MR) is 86.4 cm³/mol. The Balaban J connectivity index is 1.66. The third-order valence-electron chi connectivity index (χ3n) is 3.22. The summed E-state index contributed by atoms with van der Waals surface area (Å²) in [5.74, 6) is 0. The van der Waals surface area contributed by atoms with Crippen LogP contribution in [0, 0.1) is 6.92 Å². The fourth-order valence-corrected chi connectivity index (χ4v) is 5.63. The summed E-state index contributed by atoms with van der Waals surface area (Å²) in [5.41, 5.74) is 0. The van der Waals surface area contributed by atoms with Crippen molar-refractivity contribution in [2.45, 2.75) is 37.2 Å². The number of nitrogens with one attached hydrogen (secondary N) is 1. The number of aryl methyl sites for hydroxylation is 1. The van der Waals surface area contributed by atoms with Gasteiger partial charge in [-0.3, -0.25) is 0 Å². The minimum Gasteiger partial charge on any atom is -0.379 e. The molecular formula is C13H20BrNO4S2. The first-order valence-corrected chi connectivity index (χ1v) is 10.0. The molecule has 1 unspecified atom stereocenters. The van der Waals surface area contributed by atoms with Crippen LogP contribution in [-0.4, -0.2) is 40.9 Å². The van der Waals surface area contributed by atoms with Crippen LogP contribution >= 0.6 is 27.3 Å². The van der Waals surface area contributed by atoms with Crippen LogP contribution in [0.25, 0.3) is 0 Å². The first-order chi connectivity index (χ1) is 9.99. The molecule has 0 saturated carbocycles. The fraction of sp³-hybridized carbons (Fsp3) is 0.692. The summed E-state index contributed by atoms with van der Waals surface area (Å²) in [6.07, 6.45) is 3.02. The first-order valence-electron chi connectivity index (χ1n) is 6.94. The molecule has 8 heteroatoms. The second kappa shape index (κ2) is 8.03. The third-order valence-corrected chi connectivity index (χ3v) is 6.49. The number of hydrogen-bond acceptors (Lipinski definition) is 5. The molecule has 5 nitrogen and oxygen atoms in total. The molecule has 21 heavy (non-hydrogen) atoms. The molecule has 0 radical (unpaired) electrons. The lowest BCUT2D eigenvalue weighted by Gasteiger charge is -2.10. The van der Waals surface area contributed by atoms with Crippen molar-refractivity contribution in [3.63, 3.8) is 0 Å². The number of sulfonamides is 1. The van der Waals surface area contributed by atoms with E-state index in [1.165, 1.54) is 11.3 Å². The Hall–Kier alpha value is 0.01000. The van der Waals surface area contributed by atoms with E-state index in [0.29, 0.717) is 31.1 Å². The Morgan fingerprint density at radius 2 is 2.38 bits per heavy atom. The molecule has 1 aliphatic rings. The second-order valence-corrected chi connectivity index (χ2v) is 9.30. The molecule has 2 rings (SSSR count). The maximum absolute atomic E-state index is 12.1. The van der Waals surface area contributed by atoms with E-state index in [-0.39, 0.29) is 6.10 Å². The molecule has 1 atom stereocenters. The molecule has 0 spiro atoms. The third kappa shape index (κ3) is 5.30. The molecule has 1 aromatic rings. The van der Waals surface area contributed by atoms with Gasteiger partial charge in [0.1, 0.15) is 0 Å². The van der Waals surface area contributed by atoms with E-state index in [0.717, 1.165) is 28.1 Å². The Kier molecular flexibility index (Phi) is 6.64. The monoisotopic (exact) mass is 397 g/mol. The van der Waals surface area contributed by atoms with E-state index in [9.17, 15) is 8.42 Å². The van der Waals surface area contributed by atoms with E-state index >= 15 is 0 Å². The largest absolute Gasteiger partial charge is 0.379 e. The number of thiophene rings is 1. The van der Waals surface area contributed by atoms with Crippen molar-refractivity contribution in [1.82, 2.24) is 4.72 Å². The quantitative estimate of drug-likeness (QED) is 0.684. The lowest BCUT2D eigenvalue weighted by molar-refractivity contribution is 0.0169. The van der Waals surface area contributed by atoms with Crippen LogP contribution in [0.2, 0.25) is 0 Å². The standard InChI is InChI=1S/C13H20BrNO4S2/c1-10-12(8-13(14)20-10)21(16,17)15-5-3-6-18-9-11-4-2-7-19-11/h8,11,15H,2-7,9H2,1H3. The van der Waals surface area contributed by atoms with Gasteiger partial charge in [-0.2, -0.15) is 0 Å². The van der Waals surface area contributed by atoms with Crippen molar-refractivity contribution in [3.8, 4) is 0 Å². The summed E-state index contributed by atoms with van der Waals surface area (Å²) >= 11 is 4.72. The maximum atomic E-state index is 12.1. The molecule has 0 bridgehead atoms. The molecule has 2 heterocycles. The average Bonchev–Trinajstić information content (AvgIpc) is 3.03. The molecule has 1 N–H and O–H groups in total. The number of rotatable bonds is 8. The van der Waals surface area contributed by atoms with Crippen molar-refractivity contribution >= 4 is 37.3 Å². The molecule has 0 amide bonds. The summed E-state index contributed by atoms with van der Waals surface area (Å²) in [6, 6.07) is 1.64. The Bertz CT molecular complexity index is 553. The highest BCUT2D eigenvalue weighted by molar-refractivity contribution is 9.11. The minimum absolute atomic E-state index is 0.215. The Morgan fingerprint density at radius 3 is 3.00 bits per heavy atom. The van der Waals surface area contributed by atoms with Crippen molar-refractivity contribution in [1.29, 1.82) is 0 Å². The molecule has 1 fully saturated rings.